The summed E-state index contributed by atoms with van der Waals surface area (Å²) in [5.74, 6) is -0.0447. The van der Waals surface area contributed by atoms with Gasteiger partial charge in [0.2, 0.25) is 15.9 Å². The summed E-state index contributed by atoms with van der Waals surface area (Å²) < 4.78 is 26.3. The van der Waals surface area contributed by atoms with E-state index in [9.17, 15) is 13.2 Å². The highest BCUT2D eigenvalue weighted by Gasteiger charge is 2.22. The van der Waals surface area contributed by atoms with E-state index in [1.165, 1.54) is 12.1 Å². The minimum absolute atomic E-state index is 0.00364. The molecule has 1 saturated carbocycles. The average molecular weight is 308 g/mol. The first-order valence-electron chi connectivity index (χ1n) is 6.66. The Balaban J connectivity index is 1.77. The monoisotopic (exact) mass is 308 g/mol. The summed E-state index contributed by atoms with van der Waals surface area (Å²) in [5.41, 5.74) is 0.158. The molecule has 0 aliphatic heterocycles. The van der Waals surface area contributed by atoms with Gasteiger partial charge >= 0.3 is 0 Å². The van der Waals surface area contributed by atoms with Gasteiger partial charge in [-0.3, -0.25) is 4.79 Å². The molecular formula is C13H16N4O3S. The van der Waals surface area contributed by atoms with Crippen molar-refractivity contribution in [1.82, 2.24) is 15.0 Å². The van der Waals surface area contributed by atoms with E-state index in [4.69, 9.17) is 5.26 Å². The first-order chi connectivity index (χ1) is 10.0. The number of carbonyl (C=O) groups is 1. The van der Waals surface area contributed by atoms with Gasteiger partial charge in [0.15, 0.2) is 0 Å². The fraction of sp³-hybridized carbons (Fsp3) is 0.462. The third-order valence-corrected chi connectivity index (χ3v) is 4.42. The molecule has 1 aliphatic rings. The number of pyridine rings is 1. The Morgan fingerprint density at radius 2 is 2.19 bits per heavy atom. The Morgan fingerprint density at radius 1 is 1.43 bits per heavy atom. The van der Waals surface area contributed by atoms with Crippen LogP contribution in [0, 0.1) is 11.3 Å². The van der Waals surface area contributed by atoms with E-state index in [0.717, 1.165) is 19.0 Å². The number of sulfonamides is 1. The van der Waals surface area contributed by atoms with Crippen LogP contribution < -0.4 is 10.0 Å². The summed E-state index contributed by atoms with van der Waals surface area (Å²) in [4.78, 5) is 15.1. The third kappa shape index (κ3) is 4.81. The fourth-order valence-corrected chi connectivity index (χ4v) is 2.69. The lowest BCUT2D eigenvalue weighted by atomic mass is 10.3. The molecule has 0 saturated heterocycles. The molecule has 0 atom stereocenters. The topological polar surface area (TPSA) is 112 Å². The third-order valence-electron chi connectivity index (χ3n) is 2.98. The molecule has 0 radical (unpaired) electrons. The van der Waals surface area contributed by atoms with E-state index < -0.39 is 10.0 Å². The quantitative estimate of drug-likeness (QED) is 0.703. The van der Waals surface area contributed by atoms with E-state index in [1.54, 1.807) is 0 Å². The first-order valence-corrected chi connectivity index (χ1v) is 8.15. The van der Waals surface area contributed by atoms with E-state index in [1.807, 2.05) is 6.07 Å². The molecule has 0 bridgehead atoms. The summed E-state index contributed by atoms with van der Waals surface area (Å²) in [5, 5.41) is 11.4. The SMILES string of the molecule is N#Cc1ccc(S(=O)(=O)NCCCC(=O)NC2CC2)cn1. The molecule has 8 heteroatoms. The minimum atomic E-state index is -3.65. The van der Waals surface area contributed by atoms with Crippen molar-refractivity contribution in [2.75, 3.05) is 6.54 Å². The molecule has 1 heterocycles. The van der Waals surface area contributed by atoms with Gasteiger partial charge in [0, 0.05) is 25.2 Å². The number of rotatable bonds is 7. The van der Waals surface area contributed by atoms with E-state index in [-0.39, 0.29) is 23.0 Å². The van der Waals surface area contributed by atoms with Crippen LogP contribution in [-0.2, 0) is 14.8 Å². The van der Waals surface area contributed by atoms with Gasteiger partial charge in [0.05, 0.1) is 0 Å². The van der Waals surface area contributed by atoms with Crippen LogP contribution in [-0.4, -0.2) is 31.9 Å². The van der Waals surface area contributed by atoms with Crippen molar-refractivity contribution in [1.29, 1.82) is 5.26 Å². The zero-order valence-corrected chi connectivity index (χ0v) is 12.2. The van der Waals surface area contributed by atoms with Crippen molar-refractivity contribution >= 4 is 15.9 Å². The van der Waals surface area contributed by atoms with Crippen LogP contribution in [0.5, 0.6) is 0 Å². The lowest BCUT2D eigenvalue weighted by molar-refractivity contribution is -0.121. The van der Waals surface area contributed by atoms with Crippen molar-refractivity contribution in [3.63, 3.8) is 0 Å². The first kappa shape index (κ1) is 15.4. The molecule has 1 aromatic heterocycles. The van der Waals surface area contributed by atoms with Crippen LogP contribution in [0.1, 0.15) is 31.4 Å². The number of hydrogen-bond donors (Lipinski definition) is 2. The van der Waals surface area contributed by atoms with Gasteiger partial charge in [-0.1, -0.05) is 0 Å². The van der Waals surface area contributed by atoms with E-state index in [0.29, 0.717) is 18.9 Å². The molecule has 2 N–H and O–H groups in total. The number of nitriles is 1. The van der Waals surface area contributed by atoms with Gasteiger partial charge in [-0.05, 0) is 31.4 Å². The summed E-state index contributed by atoms with van der Waals surface area (Å²) in [6.07, 6.45) is 3.93. The summed E-state index contributed by atoms with van der Waals surface area (Å²) in [6, 6.07) is 4.81. The van der Waals surface area contributed by atoms with Gasteiger partial charge in [-0.2, -0.15) is 5.26 Å². The highest BCUT2D eigenvalue weighted by molar-refractivity contribution is 7.89. The number of amides is 1. The molecule has 2 rings (SSSR count). The van der Waals surface area contributed by atoms with Crippen LogP contribution >= 0.6 is 0 Å². The smallest absolute Gasteiger partial charge is 0.242 e. The molecule has 21 heavy (non-hydrogen) atoms. The molecule has 0 unspecified atom stereocenters. The maximum atomic E-state index is 11.9. The van der Waals surface area contributed by atoms with Crippen LogP contribution in [0.3, 0.4) is 0 Å². The summed E-state index contributed by atoms with van der Waals surface area (Å²) >= 11 is 0. The zero-order chi connectivity index (χ0) is 15.3. The molecule has 112 valence electrons. The fourth-order valence-electron chi connectivity index (χ4n) is 1.67. The maximum absolute atomic E-state index is 11.9. The van der Waals surface area contributed by atoms with Crippen LogP contribution in [0.4, 0.5) is 0 Å². The summed E-state index contributed by atoms with van der Waals surface area (Å²) in [6.45, 7) is 0.181. The minimum Gasteiger partial charge on any atom is -0.353 e. The van der Waals surface area contributed by atoms with Crippen LogP contribution in [0.15, 0.2) is 23.2 Å². The molecule has 7 nitrogen and oxygen atoms in total. The van der Waals surface area contributed by atoms with Gasteiger partial charge in [-0.25, -0.2) is 18.1 Å². The van der Waals surface area contributed by atoms with Crippen molar-refractivity contribution < 1.29 is 13.2 Å². The Morgan fingerprint density at radius 3 is 2.76 bits per heavy atom. The van der Waals surface area contributed by atoms with Crippen molar-refractivity contribution in [2.24, 2.45) is 0 Å². The molecule has 1 aromatic rings. The van der Waals surface area contributed by atoms with Gasteiger partial charge in [0.25, 0.3) is 0 Å². The van der Waals surface area contributed by atoms with Gasteiger partial charge in [-0.15, -0.1) is 0 Å². The number of hydrogen-bond acceptors (Lipinski definition) is 5. The van der Waals surface area contributed by atoms with Crippen LogP contribution in [0.25, 0.3) is 0 Å². The van der Waals surface area contributed by atoms with Crippen molar-refractivity contribution in [3.8, 4) is 6.07 Å². The second kappa shape index (κ2) is 6.65. The Kier molecular flexibility index (Phi) is 4.88. The summed E-state index contributed by atoms with van der Waals surface area (Å²) in [7, 11) is -3.65. The molecule has 0 aromatic carbocycles. The van der Waals surface area contributed by atoms with Gasteiger partial charge in [0.1, 0.15) is 16.7 Å². The predicted molar refractivity (Wildman–Crippen MR) is 74.5 cm³/mol. The van der Waals surface area contributed by atoms with Crippen molar-refractivity contribution in [2.45, 2.75) is 36.6 Å². The molecule has 1 fully saturated rings. The van der Waals surface area contributed by atoms with Gasteiger partial charge < -0.3 is 5.32 Å². The highest BCUT2D eigenvalue weighted by atomic mass is 32.2. The standard InChI is InChI=1S/C13H16N4O3S/c14-8-11-5-6-12(9-15-11)21(19,20)16-7-1-2-13(18)17-10-3-4-10/h5-6,9-10,16H,1-4,7H2,(H,17,18). The Labute approximate surface area is 123 Å². The number of carbonyl (C=O) groups excluding carboxylic acids is 1. The van der Waals surface area contributed by atoms with E-state index >= 15 is 0 Å². The Hall–Kier alpha value is -1.98. The van der Waals surface area contributed by atoms with Crippen LogP contribution in [0.2, 0.25) is 0 Å². The predicted octanol–water partition coefficient (Wildman–Crippen LogP) is 0.290. The molecule has 1 amide bonds. The second-order valence-electron chi connectivity index (χ2n) is 4.83. The number of nitrogens with one attached hydrogen (secondary N) is 2. The number of nitrogens with zero attached hydrogens (tertiary/aromatic N) is 2. The highest BCUT2D eigenvalue weighted by Crippen LogP contribution is 2.18. The molecule has 1 aliphatic carbocycles. The second-order valence-corrected chi connectivity index (χ2v) is 6.60. The van der Waals surface area contributed by atoms with E-state index in [2.05, 4.69) is 15.0 Å². The zero-order valence-electron chi connectivity index (χ0n) is 11.4. The maximum Gasteiger partial charge on any atom is 0.242 e. The largest absolute Gasteiger partial charge is 0.353 e. The Bertz CT molecular complexity index is 645. The molecular weight excluding hydrogens is 292 g/mol. The van der Waals surface area contributed by atoms with Crippen molar-refractivity contribution in [3.05, 3.63) is 24.0 Å². The lowest BCUT2D eigenvalue weighted by Gasteiger charge is -2.06. The normalized spacial score (nSPS) is 14.4. The number of aromatic nitrogens is 1. The molecule has 0 spiro atoms. The average Bonchev–Trinajstić information content (AvgIpc) is 3.27. The lowest BCUT2D eigenvalue weighted by Crippen LogP contribution is -2.28.